The van der Waals surface area contributed by atoms with E-state index >= 15 is 0 Å². The highest BCUT2D eigenvalue weighted by atomic mass is 35.5. The smallest absolute Gasteiger partial charge is 0.253 e. The summed E-state index contributed by atoms with van der Waals surface area (Å²) in [5.41, 5.74) is 6.53. The first-order valence-electron chi connectivity index (χ1n) is 5.48. The fourth-order valence-electron chi connectivity index (χ4n) is 1.37. The lowest BCUT2D eigenvalue weighted by Crippen LogP contribution is -2.34. The molecule has 5 heteroatoms. The molecule has 1 aromatic rings. The Morgan fingerprint density at radius 1 is 1.59 bits per heavy atom. The van der Waals surface area contributed by atoms with Gasteiger partial charge in [-0.15, -0.1) is 0 Å². The third-order valence-corrected chi connectivity index (χ3v) is 3.72. The van der Waals surface area contributed by atoms with Gasteiger partial charge in [0.25, 0.3) is 5.91 Å². The van der Waals surface area contributed by atoms with E-state index < -0.39 is 0 Å². The molecule has 1 atom stereocenters. The molecule has 0 radical (unpaired) electrons. The van der Waals surface area contributed by atoms with Gasteiger partial charge in [-0.1, -0.05) is 24.6 Å². The van der Waals surface area contributed by atoms with Gasteiger partial charge in [-0.2, -0.15) is 11.8 Å². The summed E-state index contributed by atoms with van der Waals surface area (Å²) in [4.78, 5) is 11.9. The molecule has 1 rings (SSSR count). The van der Waals surface area contributed by atoms with Crippen molar-refractivity contribution in [1.82, 2.24) is 5.32 Å². The van der Waals surface area contributed by atoms with Crippen LogP contribution < -0.4 is 11.1 Å². The molecule has 0 aliphatic carbocycles. The van der Waals surface area contributed by atoms with E-state index in [0.717, 1.165) is 11.5 Å². The quantitative estimate of drug-likeness (QED) is 0.811. The first-order valence-corrected chi connectivity index (χ1v) is 7.02. The van der Waals surface area contributed by atoms with E-state index in [-0.39, 0.29) is 11.9 Å². The van der Waals surface area contributed by atoms with Crippen molar-refractivity contribution in [3.05, 3.63) is 28.8 Å². The number of thioether (sulfide) groups is 1. The number of hydrogen-bond acceptors (Lipinski definition) is 3. The average molecular weight is 273 g/mol. The van der Waals surface area contributed by atoms with Crippen molar-refractivity contribution in [3.63, 3.8) is 0 Å². The average Bonchev–Trinajstić information content (AvgIpc) is 2.29. The molecule has 0 saturated heterocycles. The van der Waals surface area contributed by atoms with Crippen molar-refractivity contribution >= 4 is 35.0 Å². The predicted molar refractivity (Wildman–Crippen MR) is 75.8 cm³/mol. The minimum absolute atomic E-state index is 0.117. The van der Waals surface area contributed by atoms with Crippen molar-refractivity contribution in [1.29, 1.82) is 0 Å². The highest BCUT2D eigenvalue weighted by Crippen LogP contribution is 2.22. The van der Waals surface area contributed by atoms with Gasteiger partial charge in [0.2, 0.25) is 0 Å². The minimum Gasteiger partial charge on any atom is -0.397 e. The first kappa shape index (κ1) is 14.2. The van der Waals surface area contributed by atoms with Gasteiger partial charge >= 0.3 is 0 Å². The van der Waals surface area contributed by atoms with Gasteiger partial charge in [0.05, 0.1) is 16.3 Å². The Hall–Kier alpha value is -0.870. The van der Waals surface area contributed by atoms with Crippen LogP contribution in [0.1, 0.15) is 24.2 Å². The van der Waals surface area contributed by atoms with Gasteiger partial charge < -0.3 is 11.1 Å². The molecular formula is C12H17ClN2OS. The molecule has 0 heterocycles. The highest BCUT2D eigenvalue weighted by molar-refractivity contribution is 7.99. The van der Waals surface area contributed by atoms with Crippen LogP contribution in [-0.4, -0.2) is 23.5 Å². The molecule has 0 spiro atoms. The number of benzene rings is 1. The molecule has 0 bridgehead atoms. The SMILES string of the molecule is CCSCC(C)NC(=O)c1cccc(Cl)c1N. The molecule has 1 unspecified atom stereocenters. The molecule has 94 valence electrons. The summed E-state index contributed by atoms with van der Waals surface area (Å²) >= 11 is 7.66. The fourth-order valence-corrected chi connectivity index (χ4v) is 2.22. The van der Waals surface area contributed by atoms with E-state index in [0.29, 0.717) is 16.3 Å². The van der Waals surface area contributed by atoms with Gasteiger partial charge in [0.15, 0.2) is 0 Å². The van der Waals surface area contributed by atoms with Crippen LogP contribution in [0.25, 0.3) is 0 Å². The summed E-state index contributed by atoms with van der Waals surface area (Å²) < 4.78 is 0. The second-order valence-electron chi connectivity index (χ2n) is 3.74. The number of hydrogen-bond donors (Lipinski definition) is 2. The van der Waals surface area contributed by atoms with E-state index in [1.807, 2.05) is 6.92 Å². The van der Waals surface area contributed by atoms with E-state index in [4.69, 9.17) is 17.3 Å². The molecule has 1 amide bonds. The molecule has 0 saturated carbocycles. The van der Waals surface area contributed by atoms with Crippen molar-refractivity contribution in [3.8, 4) is 0 Å². The minimum atomic E-state index is -0.172. The Morgan fingerprint density at radius 2 is 2.29 bits per heavy atom. The number of nitrogen functional groups attached to an aromatic ring is 1. The highest BCUT2D eigenvalue weighted by Gasteiger charge is 2.13. The molecule has 3 N–H and O–H groups in total. The number of para-hydroxylation sites is 1. The van der Waals surface area contributed by atoms with E-state index in [9.17, 15) is 4.79 Å². The lowest BCUT2D eigenvalue weighted by Gasteiger charge is -2.14. The fraction of sp³-hybridized carbons (Fsp3) is 0.417. The number of nitrogens with one attached hydrogen (secondary N) is 1. The largest absolute Gasteiger partial charge is 0.397 e. The zero-order valence-corrected chi connectivity index (χ0v) is 11.6. The van der Waals surface area contributed by atoms with Crippen LogP contribution in [0.15, 0.2) is 18.2 Å². The van der Waals surface area contributed by atoms with Gasteiger partial charge in [-0.25, -0.2) is 0 Å². The molecule has 3 nitrogen and oxygen atoms in total. The van der Waals surface area contributed by atoms with E-state index in [1.54, 1.807) is 30.0 Å². The van der Waals surface area contributed by atoms with Crippen LogP contribution in [-0.2, 0) is 0 Å². The Balaban J connectivity index is 2.67. The second kappa shape index (κ2) is 6.77. The predicted octanol–water partition coefficient (Wildman–Crippen LogP) is 2.79. The van der Waals surface area contributed by atoms with Crippen LogP contribution >= 0.6 is 23.4 Å². The molecule has 1 aromatic carbocycles. The van der Waals surface area contributed by atoms with Crippen LogP contribution in [0.4, 0.5) is 5.69 Å². The number of carbonyl (C=O) groups is 1. The van der Waals surface area contributed by atoms with E-state index in [2.05, 4.69) is 12.2 Å². The normalized spacial score (nSPS) is 12.2. The Bertz CT molecular complexity index is 398. The molecule has 0 aliphatic rings. The van der Waals surface area contributed by atoms with Crippen molar-refractivity contribution in [2.24, 2.45) is 0 Å². The van der Waals surface area contributed by atoms with Crippen LogP contribution in [0.3, 0.4) is 0 Å². The lowest BCUT2D eigenvalue weighted by molar-refractivity contribution is 0.0944. The number of halogens is 1. The zero-order valence-electron chi connectivity index (χ0n) is 10.00. The van der Waals surface area contributed by atoms with Gasteiger partial charge in [0.1, 0.15) is 0 Å². The van der Waals surface area contributed by atoms with Crippen LogP contribution in [0.5, 0.6) is 0 Å². The third kappa shape index (κ3) is 4.13. The summed E-state index contributed by atoms with van der Waals surface area (Å²) in [6.07, 6.45) is 0. The summed E-state index contributed by atoms with van der Waals surface area (Å²) in [7, 11) is 0. The molecular weight excluding hydrogens is 256 g/mol. The summed E-state index contributed by atoms with van der Waals surface area (Å²) in [5.74, 6) is 1.76. The number of nitrogens with two attached hydrogens (primary N) is 1. The second-order valence-corrected chi connectivity index (χ2v) is 5.46. The van der Waals surface area contributed by atoms with Gasteiger partial charge in [-0.05, 0) is 24.8 Å². The maximum absolute atomic E-state index is 11.9. The van der Waals surface area contributed by atoms with Crippen LogP contribution in [0.2, 0.25) is 5.02 Å². The molecule has 17 heavy (non-hydrogen) atoms. The molecule has 0 aromatic heterocycles. The number of carbonyl (C=O) groups excluding carboxylic acids is 1. The molecule has 0 fully saturated rings. The number of anilines is 1. The van der Waals surface area contributed by atoms with Crippen LogP contribution in [0, 0.1) is 0 Å². The maximum atomic E-state index is 11.9. The van der Waals surface area contributed by atoms with Gasteiger partial charge in [-0.3, -0.25) is 4.79 Å². The van der Waals surface area contributed by atoms with Gasteiger partial charge in [0, 0.05) is 11.8 Å². The number of rotatable bonds is 5. The van der Waals surface area contributed by atoms with Crippen molar-refractivity contribution in [2.75, 3.05) is 17.2 Å². The zero-order chi connectivity index (χ0) is 12.8. The summed E-state index contributed by atoms with van der Waals surface area (Å²) in [5, 5.41) is 3.31. The third-order valence-electron chi connectivity index (χ3n) is 2.25. The summed E-state index contributed by atoms with van der Waals surface area (Å²) in [6, 6.07) is 5.19. The standard InChI is InChI=1S/C12H17ClN2OS/c1-3-17-7-8(2)15-12(16)9-5-4-6-10(13)11(9)14/h4-6,8H,3,7,14H2,1-2H3,(H,15,16). The van der Waals surface area contributed by atoms with E-state index in [1.165, 1.54) is 0 Å². The summed E-state index contributed by atoms with van der Waals surface area (Å²) in [6.45, 7) is 4.06. The lowest BCUT2D eigenvalue weighted by atomic mass is 10.1. The Kier molecular flexibility index (Phi) is 5.65. The molecule has 0 aliphatic heterocycles. The first-order chi connectivity index (χ1) is 8.06. The van der Waals surface area contributed by atoms with Crippen molar-refractivity contribution < 1.29 is 4.79 Å². The monoisotopic (exact) mass is 272 g/mol. The van der Waals surface area contributed by atoms with Crippen molar-refractivity contribution in [2.45, 2.75) is 19.9 Å². The Morgan fingerprint density at radius 3 is 2.94 bits per heavy atom. The topological polar surface area (TPSA) is 55.1 Å². The number of amides is 1. The maximum Gasteiger partial charge on any atom is 0.253 e. The Labute approximate surface area is 111 Å².